The molecule has 0 saturated carbocycles. The van der Waals surface area contributed by atoms with Gasteiger partial charge in [-0.1, -0.05) is 17.4 Å². The minimum absolute atomic E-state index is 0.0194. The van der Waals surface area contributed by atoms with Gasteiger partial charge < -0.3 is 10.3 Å². The zero-order valence-electron chi connectivity index (χ0n) is 17.5. The second kappa shape index (κ2) is 8.29. The van der Waals surface area contributed by atoms with Crippen LogP contribution in [0.15, 0.2) is 36.4 Å². The lowest BCUT2D eigenvalue weighted by molar-refractivity contribution is -0.384. The summed E-state index contributed by atoms with van der Waals surface area (Å²) in [4.78, 5) is 38.0. The number of anilines is 1. The van der Waals surface area contributed by atoms with Crippen molar-refractivity contribution in [3.63, 3.8) is 0 Å². The first-order valence-electron chi connectivity index (χ1n) is 10.5. The van der Waals surface area contributed by atoms with Crippen LogP contribution < -0.4 is 5.32 Å². The van der Waals surface area contributed by atoms with E-state index in [-0.39, 0.29) is 17.5 Å². The topological polar surface area (TPSA) is 117 Å². The summed E-state index contributed by atoms with van der Waals surface area (Å²) < 4.78 is 0.686. The van der Waals surface area contributed by atoms with Crippen LogP contribution in [-0.4, -0.2) is 43.8 Å². The number of nitro benzene ring substituents is 1. The van der Waals surface area contributed by atoms with Crippen molar-refractivity contribution in [2.75, 3.05) is 18.4 Å². The lowest BCUT2D eigenvalue weighted by atomic mass is 9.96. The standard InChI is InChI=1S/C22H22N6O3S/c1-13-2-4-16-18(10-13)24-20(23-16)12-27-8-6-14(7-9-27)21(29)26-22-25-17-5-3-15(28(30)31)11-19(17)32-22/h2-5,10-11,14H,6-9,12H2,1H3,(H,23,24)(H,25,26,29). The third-order valence-corrected chi connectivity index (χ3v) is 6.76. The number of carbonyl (C=O) groups excluding carboxylic acids is 1. The van der Waals surface area contributed by atoms with Gasteiger partial charge in [0.05, 0.1) is 32.7 Å². The van der Waals surface area contributed by atoms with Crippen molar-refractivity contribution < 1.29 is 9.72 Å². The summed E-state index contributed by atoms with van der Waals surface area (Å²) in [6.45, 7) is 4.44. The molecule has 164 valence electrons. The largest absolute Gasteiger partial charge is 0.341 e. The lowest BCUT2D eigenvalue weighted by Gasteiger charge is -2.30. The van der Waals surface area contributed by atoms with Crippen LogP contribution in [0.2, 0.25) is 0 Å². The summed E-state index contributed by atoms with van der Waals surface area (Å²) in [6, 6.07) is 10.7. The van der Waals surface area contributed by atoms with Crippen LogP contribution >= 0.6 is 11.3 Å². The number of rotatable bonds is 5. The molecule has 5 rings (SSSR count). The van der Waals surface area contributed by atoms with E-state index in [2.05, 4.69) is 44.2 Å². The second-order valence-corrected chi connectivity index (χ2v) is 9.20. The summed E-state index contributed by atoms with van der Waals surface area (Å²) in [5.41, 5.74) is 3.89. The van der Waals surface area contributed by atoms with Crippen molar-refractivity contribution in [2.24, 2.45) is 5.92 Å². The number of benzene rings is 2. The highest BCUT2D eigenvalue weighted by molar-refractivity contribution is 7.22. The number of aromatic nitrogens is 3. The maximum absolute atomic E-state index is 12.7. The molecule has 0 radical (unpaired) electrons. The second-order valence-electron chi connectivity index (χ2n) is 8.17. The highest BCUT2D eigenvalue weighted by atomic mass is 32.1. The number of amides is 1. The normalized spacial score (nSPS) is 15.4. The Morgan fingerprint density at radius 2 is 2.00 bits per heavy atom. The monoisotopic (exact) mass is 450 g/mol. The van der Waals surface area contributed by atoms with E-state index in [1.165, 1.54) is 29.0 Å². The van der Waals surface area contributed by atoms with Crippen molar-refractivity contribution in [2.45, 2.75) is 26.3 Å². The van der Waals surface area contributed by atoms with Crippen molar-refractivity contribution in [3.8, 4) is 0 Å². The van der Waals surface area contributed by atoms with E-state index in [0.29, 0.717) is 15.3 Å². The molecule has 2 aromatic carbocycles. The molecule has 0 spiro atoms. The number of non-ortho nitro benzene ring substituents is 1. The SMILES string of the molecule is Cc1ccc2nc(CN3CCC(C(=O)Nc4nc5ccc([N+](=O)[O-])cc5s4)CC3)[nH]c2c1. The number of hydrogen-bond donors (Lipinski definition) is 2. The van der Waals surface area contributed by atoms with E-state index >= 15 is 0 Å². The molecule has 1 saturated heterocycles. The van der Waals surface area contributed by atoms with Crippen LogP contribution in [0.1, 0.15) is 24.2 Å². The van der Waals surface area contributed by atoms with Crippen molar-refractivity contribution in [3.05, 3.63) is 57.9 Å². The Morgan fingerprint density at radius 1 is 1.22 bits per heavy atom. The van der Waals surface area contributed by atoms with Crippen LogP contribution in [0.5, 0.6) is 0 Å². The maximum atomic E-state index is 12.7. The highest BCUT2D eigenvalue weighted by Gasteiger charge is 2.26. The Morgan fingerprint density at radius 3 is 2.78 bits per heavy atom. The molecule has 2 aromatic heterocycles. The number of nitrogens with zero attached hydrogens (tertiary/aromatic N) is 4. The molecular formula is C22H22N6O3S. The summed E-state index contributed by atoms with van der Waals surface area (Å²) in [6.07, 6.45) is 1.53. The summed E-state index contributed by atoms with van der Waals surface area (Å²) in [7, 11) is 0. The Kier molecular flexibility index (Phi) is 5.32. The molecule has 10 heteroatoms. The van der Waals surface area contributed by atoms with E-state index in [9.17, 15) is 14.9 Å². The molecule has 0 atom stereocenters. The predicted molar refractivity (Wildman–Crippen MR) is 124 cm³/mol. The minimum Gasteiger partial charge on any atom is -0.341 e. The third-order valence-electron chi connectivity index (χ3n) is 5.83. The van der Waals surface area contributed by atoms with Gasteiger partial charge in [-0.2, -0.15) is 0 Å². The predicted octanol–water partition coefficient (Wildman–Crippen LogP) is 4.24. The van der Waals surface area contributed by atoms with Gasteiger partial charge >= 0.3 is 0 Å². The van der Waals surface area contributed by atoms with Gasteiger partial charge in [0.15, 0.2) is 5.13 Å². The Hall–Kier alpha value is -3.37. The number of hydrogen-bond acceptors (Lipinski definition) is 7. The van der Waals surface area contributed by atoms with Gasteiger partial charge in [-0.3, -0.25) is 19.8 Å². The van der Waals surface area contributed by atoms with Gasteiger partial charge in [0, 0.05) is 18.1 Å². The van der Waals surface area contributed by atoms with Crippen LogP contribution in [-0.2, 0) is 11.3 Å². The zero-order chi connectivity index (χ0) is 22.2. The molecule has 1 amide bonds. The van der Waals surface area contributed by atoms with Gasteiger partial charge in [-0.15, -0.1) is 0 Å². The van der Waals surface area contributed by atoms with Crippen molar-refractivity contribution in [1.29, 1.82) is 0 Å². The first-order chi connectivity index (χ1) is 15.4. The number of piperidine rings is 1. The number of likely N-dealkylation sites (tertiary alicyclic amines) is 1. The minimum atomic E-state index is -0.433. The molecule has 0 aliphatic carbocycles. The third kappa shape index (κ3) is 4.19. The van der Waals surface area contributed by atoms with Gasteiger partial charge in [0.1, 0.15) is 5.82 Å². The van der Waals surface area contributed by atoms with Gasteiger partial charge in [-0.05, 0) is 56.6 Å². The van der Waals surface area contributed by atoms with Crippen molar-refractivity contribution in [1.82, 2.24) is 19.9 Å². The molecule has 0 bridgehead atoms. The molecule has 1 aliphatic heterocycles. The number of nitrogens with one attached hydrogen (secondary N) is 2. The van der Waals surface area contributed by atoms with E-state index in [1.54, 1.807) is 6.07 Å². The van der Waals surface area contributed by atoms with E-state index in [0.717, 1.165) is 49.3 Å². The van der Waals surface area contributed by atoms with Crippen LogP contribution in [0.3, 0.4) is 0 Å². The first-order valence-corrected chi connectivity index (χ1v) is 11.3. The number of nitro groups is 1. The van der Waals surface area contributed by atoms with Crippen LogP contribution in [0, 0.1) is 23.0 Å². The lowest BCUT2D eigenvalue weighted by Crippen LogP contribution is -2.38. The molecule has 2 N–H and O–H groups in total. The molecule has 9 nitrogen and oxygen atoms in total. The van der Waals surface area contributed by atoms with Gasteiger partial charge in [0.2, 0.25) is 5.91 Å². The quantitative estimate of drug-likeness (QED) is 0.347. The Bertz CT molecular complexity index is 1320. The van der Waals surface area contributed by atoms with Crippen LogP contribution in [0.4, 0.5) is 10.8 Å². The smallest absolute Gasteiger partial charge is 0.270 e. The fourth-order valence-corrected chi connectivity index (χ4v) is 5.01. The molecule has 32 heavy (non-hydrogen) atoms. The molecule has 1 fully saturated rings. The summed E-state index contributed by atoms with van der Waals surface area (Å²) in [5.74, 6) is 0.820. The van der Waals surface area contributed by atoms with E-state index < -0.39 is 4.92 Å². The summed E-state index contributed by atoms with van der Waals surface area (Å²) in [5, 5.41) is 14.3. The molecule has 4 aromatic rings. The first kappa shape index (κ1) is 20.5. The number of aryl methyl sites for hydroxylation is 1. The fraction of sp³-hybridized carbons (Fsp3) is 0.318. The molecule has 1 aliphatic rings. The zero-order valence-corrected chi connectivity index (χ0v) is 18.3. The summed E-state index contributed by atoms with van der Waals surface area (Å²) >= 11 is 1.26. The van der Waals surface area contributed by atoms with Gasteiger partial charge in [0.25, 0.3) is 5.69 Å². The molecule has 3 heterocycles. The maximum Gasteiger partial charge on any atom is 0.270 e. The number of fused-ring (bicyclic) bond motifs is 2. The Balaban J connectivity index is 1.18. The molecular weight excluding hydrogens is 428 g/mol. The Labute approximate surface area is 187 Å². The van der Waals surface area contributed by atoms with E-state index in [4.69, 9.17) is 0 Å². The van der Waals surface area contributed by atoms with Gasteiger partial charge in [-0.25, -0.2) is 9.97 Å². The highest BCUT2D eigenvalue weighted by Crippen LogP contribution is 2.30. The number of H-pyrrole nitrogens is 1. The fourth-order valence-electron chi connectivity index (χ4n) is 4.10. The number of carbonyl (C=O) groups is 1. The number of imidazole rings is 1. The van der Waals surface area contributed by atoms with Crippen LogP contribution in [0.25, 0.3) is 21.3 Å². The average molecular weight is 451 g/mol. The molecule has 0 unspecified atom stereocenters. The van der Waals surface area contributed by atoms with E-state index in [1.807, 2.05) is 6.07 Å². The number of aromatic amines is 1. The number of thiazole rings is 1. The van der Waals surface area contributed by atoms with Crippen molar-refractivity contribution >= 4 is 49.3 Å². The average Bonchev–Trinajstić information content (AvgIpc) is 3.35.